The molecule has 2 unspecified atom stereocenters. The summed E-state index contributed by atoms with van der Waals surface area (Å²) < 4.78 is 10.0. The van der Waals surface area contributed by atoms with Gasteiger partial charge in [-0.3, -0.25) is 0 Å². The first-order valence-electron chi connectivity index (χ1n) is 5.28. The van der Waals surface area contributed by atoms with Crippen LogP contribution in [0, 0.1) is 0 Å². The summed E-state index contributed by atoms with van der Waals surface area (Å²) in [5.41, 5.74) is 0. The number of carbonyl (C=O) groups is 1. The molecule has 14 heavy (non-hydrogen) atoms. The molecule has 0 saturated heterocycles. The highest BCUT2D eigenvalue weighted by Gasteiger charge is 2.18. The predicted octanol–water partition coefficient (Wildman–Crippen LogP) is 2.70. The van der Waals surface area contributed by atoms with Crippen LogP contribution in [0.15, 0.2) is 0 Å². The Kier molecular flexibility index (Phi) is 9.32. The molecule has 0 aromatic rings. The van der Waals surface area contributed by atoms with Gasteiger partial charge in [-0.2, -0.15) is 0 Å². The monoisotopic (exact) mass is 220 g/mol. The third-order valence-corrected chi connectivity index (χ3v) is 2.32. The molecule has 0 radical (unpaired) electrons. The van der Waals surface area contributed by atoms with Crippen LogP contribution in [0.3, 0.4) is 0 Å². The minimum atomic E-state index is -0.406. The Morgan fingerprint density at radius 1 is 1.29 bits per heavy atom. The van der Waals surface area contributed by atoms with Gasteiger partial charge in [-0.15, -0.1) is 0 Å². The van der Waals surface area contributed by atoms with E-state index in [1.165, 1.54) is 0 Å². The number of unbranched alkanes of at least 4 members (excludes halogenated alkanes) is 2. The lowest BCUT2D eigenvalue weighted by molar-refractivity contribution is -0.151. The number of ether oxygens (including phenoxy) is 1. The van der Waals surface area contributed by atoms with E-state index in [9.17, 15) is 4.79 Å². The Hall–Kier alpha value is -0.140. The van der Waals surface area contributed by atoms with Gasteiger partial charge in [0, 0.05) is 9.47 Å². The Morgan fingerprint density at radius 3 is 2.43 bits per heavy atom. The summed E-state index contributed by atoms with van der Waals surface area (Å²) in [6.45, 7) is 4.66. The van der Waals surface area contributed by atoms with Crippen molar-refractivity contribution in [2.45, 2.75) is 52.1 Å². The predicted molar refractivity (Wildman–Crippen MR) is 60.0 cm³/mol. The minimum Gasteiger partial charge on any atom is -0.464 e. The third-order valence-electron chi connectivity index (χ3n) is 1.99. The van der Waals surface area contributed by atoms with Crippen molar-refractivity contribution in [3.05, 3.63) is 0 Å². The molecule has 4 heteroatoms. The normalized spacial score (nSPS) is 12.5. The largest absolute Gasteiger partial charge is 0.464 e. The summed E-state index contributed by atoms with van der Waals surface area (Å²) >= 11 is 0. The summed E-state index contributed by atoms with van der Waals surface area (Å²) in [6, 6.07) is 0. The van der Waals surface area contributed by atoms with E-state index >= 15 is 0 Å². The lowest BCUT2D eigenvalue weighted by Gasteiger charge is -2.13. The molecule has 0 aromatic carbocycles. The van der Waals surface area contributed by atoms with Crippen molar-refractivity contribution in [2.75, 3.05) is 6.61 Å². The second kappa shape index (κ2) is 9.42. The van der Waals surface area contributed by atoms with Crippen molar-refractivity contribution < 1.29 is 14.1 Å². The molecule has 0 aliphatic heterocycles. The van der Waals surface area contributed by atoms with Crippen LogP contribution in [0.5, 0.6) is 0 Å². The topological polar surface area (TPSA) is 35.5 Å². The SMILES string of the molecule is CCCCOC(=O)C(CCCC)OP. The quantitative estimate of drug-likeness (QED) is 0.358. The molecular weight excluding hydrogens is 199 g/mol. The zero-order chi connectivity index (χ0) is 10.8. The van der Waals surface area contributed by atoms with E-state index in [4.69, 9.17) is 9.26 Å². The third kappa shape index (κ3) is 6.33. The van der Waals surface area contributed by atoms with Crippen LogP contribution in [0.2, 0.25) is 0 Å². The molecule has 0 bridgehead atoms. The van der Waals surface area contributed by atoms with Crippen LogP contribution in [0.4, 0.5) is 0 Å². The van der Waals surface area contributed by atoms with E-state index in [-0.39, 0.29) is 5.97 Å². The van der Waals surface area contributed by atoms with E-state index in [1.54, 1.807) is 0 Å². The second-order valence-electron chi connectivity index (χ2n) is 3.29. The van der Waals surface area contributed by atoms with Crippen LogP contribution in [0.1, 0.15) is 46.0 Å². The Balaban J connectivity index is 3.67. The van der Waals surface area contributed by atoms with Crippen LogP contribution in [-0.4, -0.2) is 18.7 Å². The van der Waals surface area contributed by atoms with Gasteiger partial charge in [0.2, 0.25) is 0 Å². The van der Waals surface area contributed by atoms with Gasteiger partial charge < -0.3 is 9.26 Å². The molecule has 0 spiro atoms. The average Bonchev–Trinajstić information content (AvgIpc) is 2.19. The molecule has 0 aromatic heterocycles. The number of hydrogen-bond donors (Lipinski definition) is 0. The molecule has 0 heterocycles. The van der Waals surface area contributed by atoms with Gasteiger partial charge in [0.1, 0.15) is 0 Å². The number of rotatable bonds is 8. The maximum atomic E-state index is 11.4. The first kappa shape index (κ1) is 13.9. The van der Waals surface area contributed by atoms with E-state index in [2.05, 4.69) is 23.3 Å². The molecule has 84 valence electrons. The number of esters is 1. The molecule has 0 fully saturated rings. The van der Waals surface area contributed by atoms with E-state index in [0.29, 0.717) is 6.61 Å². The van der Waals surface area contributed by atoms with Gasteiger partial charge in [-0.1, -0.05) is 33.1 Å². The van der Waals surface area contributed by atoms with Crippen molar-refractivity contribution in [3.8, 4) is 0 Å². The molecule has 0 saturated carbocycles. The lowest BCUT2D eigenvalue weighted by Crippen LogP contribution is -2.24. The maximum Gasteiger partial charge on any atom is 0.335 e. The van der Waals surface area contributed by atoms with Crippen LogP contribution < -0.4 is 0 Å². The average molecular weight is 220 g/mol. The minimum absolute atomic E-state index is 0.234. The Bertz CT molecular complexity index is 150. The van der Waals surface area contributed by atoms with Gasteiger partial charge in [-0.05, 0) is 12.8 Å². The summed E-state index contributed by atoms with van der Waals surface area (Å²) in [7, 11) is 2.13. The Morgan fingerprint density at radius 2 is 1.93 bits per heavy atom. The standard InChI is InChI=1S/C10H21O3P/c1-3-5-7-9(13-14)10(11)12-8-6-4-2/h9H,3-8,14H2,1-2H3. The van der Waals surface area contributed by atoms with E-state index < -0.39 is 6.10 Å². The molecule has 0 rings (SSSR count). The van der Waals surface area contributed by atoms with E-state index in [1.807, 2.05) is 0 Å². The van der Waals surface area contributed by atoms with Gasteiger partial charge in [0.25, 0.3) is 0 Å². The highest BCUT2D eigenvalue weighted by molar-refractivity contribution is 7.09. The molecule has 0 aliphatic rings. The van der Waals surface area contributed by atoms with Gasteiger partial charge in [0.15, 0.2) is 6.10 Å². The molecule has 0 N–H and O–H groups in total. The van der Waals surface area contributed by atoms with E-state index in [0.717, 1.165) is 32.1 Å². The second-order valence-corrected chi connectivity index (χ2v) is 3.56. The first-order valence-corrected chi connectivity index (χ1v) is 5.75. The fourth-order valence-corrected chi connectivity index (χ4v) is 1.29. The lowest BCUT2D eigenvalue weighted by atomic mass is 10.2. The number of carbonyl (C=O) groups excluding carboxylic acids is 1. The van der Waals surface area contributed by atoms with Crippen molar-refractivity contribution in [1.29, 1.82) is 0 Å². The van der Waals surface area contributed by atoms with Crippen molar-refractivity contribution >= 4 is 15.4 Å². The summed E-state index contributed by atoms with van der Waals surface area (Å²) in [6.07, 6.45) is 4.34. The van der Waals surface area contributed by atoms with Crippen molar-refractivity contribution in [3.63, 3.8) is 0 Å². The Labute approximate surface area is 88.8 Å². The van der Waals surface area contributed by atoms with Gasteiger partial charge in [-0.25, -0.2) is 4.79 Å². The van der Waals surface area contributed by atoms with Crippen LogP contribution >= 0.6 is 9.47 Å². The van der Waals surface area contributed by atoms with Crippen LogP contribution in [-0.2, 0) is 14.1 Å². The smallest absolute Gasteiger partial charge is 0.335 e. The fourth-order valence-electron chi connectivity index (χ4n) is 1.04. The van der Waals surface area contributed by atoms with Crippen molar-refractivity contribution in [2.24, 2.45) is 0 Å². The molecule has 0 amide bonds. The highest BCUT2D eigenvalue weighted by Crippen LogP contribution is 2.10. The van der Waals surface area contributed by atoms with Gasteiger partial charge >= 0.3 is 5.97 Å². The van der Waals surface area contributed by atoms with Crippen molar-refractivity contribution in [1.82, 2.24) is 0 Å². The fraction of sp³-hybridized carbons (Fsp3) is 0.900. The van der Waals surface area contributed by atoms with Gasteiger partial charge in [0.05, 0.1) is 6.61 Å². The zero-order valence-electron chi connectivity index (χ0n) is 9.12. The molecular formula is C10H21O3P. The number of hydrogen-bond acceptors (Lipinski definition) is 3. The van der Waals surface area contributed by atoms with Crippen LogP contribution in [0.25, 0.3) is 0 Å². The first-order chi connectivity index (χ1) is 6.76. The molecule has 3 nitrogen and oxygen atoms in total. The molecule has 0 aliphatic carbocycles. The summed E-state index contributed by atoms with van der Waals surface area (Å²) in [5.74, 6) is -0.234. The molecule has 2 atom stereocenters. The maximum absolute atomic E-state index is 11.4. The summed E-state index contributed by atoms with van der Waals surface area (Å²) in [4.78, 5) is 11.4. The summed E-state index contributed by atoms with van der Waals surface area (Å²) in [5, 5.41) is 0. The highest BCUT2D eigenvalue weighted by atomic mass is 31.0. The zero-order valence-corrected chi connectivity index (χ0v) is 10.3.